The highest BCUT2D eigenvalue weighted by molar-refractivity contribution is 5.96. The third-order valence-electron chi connectivity index (χ3n) is 4.00. The lowest BCUT2D eigenvalue weighted by Crippen LogP contribution is -2.36. The minimum Gasteiger partial charge on any atom is -0.409 e. The summed E-state index contributed by atoms with van der Waals surface area (Å²) in [6.45, 7) is 5.33. The van der Waals surface area contributed by atoms with Crippen LogP contribution in [0.15, 0.2) is 23.5 Å². The van der Waals surface area contributed by atoms with Gasteiger partial charge in [0.15, 0.2) is 5.84 Å². The second kappa shape index (κ2) is 6.70. The summed E-state index contributed by atoms with van der Waals surface area (Å²) in [5.74, 6) is 1.61. The molecule has 2 rings (SSSR count). The van der Waals surface area contributed by atoms with Crippen molar-refractivity contribution in [3.05, 3.63) is 29.6 Å². The second-order valence-electron chi connectivity index (χ2n) is 5.99. The van der Waals surface area contributed by atoms with Crippen molar-refractivity contribution in [2.24, 2.45) is 22.7 Å². The summed E-state index contributed by atoms with van der Waals surface area (Å²) in [6, 6.07) is 4.37. The van der Waals surface area contributed by atoms with E-state index in [1.54, 1.807) is 6.20 Å². The van der Waals surface area contributed by atoms with E-state index in [-0.39, 0.29) is 5.84 Å². The Hall–Kier alpha value is -1.62. The van der Waals surface area contributed by atoms with Crippen LogP contribution in [0.25, 0.3) is 0 Å². The molecule has 1 aromatic heterocycles. The van der Waals surface area contributed by atoms with E-state index in [1.165, 1.54) is 19.3 Å². The Morgan fingerprint density at radius 3 is 2.75 bits per heavy atom. The van der Waals surface area contributed by atoms with Gasteiger partial charge in [-0.15, -0.1) is 0 Å². The van der Waals surface area contributed by atoms with Crippen LogP contribution in [0.3, 0.4) is 0 Å². The minimum atomic E-state index is 0.0628. The predicted octanol–water partition coefficient (Wildman–Crippen LogP) is 2.09. The smallest absolute Gasteiger partial charge is 0.189 e. The molecule has 0 aromatic carbocycles. The lowest BCUT2D eigenvalue weighted by molar-refractivity contribution is 0.238. The lowest BCUT2D eigenvalue weighted by atomic mass is 9.80. The van der Waals surface area contributed by atoms with E-state index in [9.17, 15) is 0 Å². The monoisotopic (exact) mass is 276 g/mol. The highest BCUT2D eigenvalue weighted by Crippen LogP contribution is 2.28. The van der Waals surface area contributed by atoms with Crippen molar-refractivity contribution >= 4 is 5.84 Å². The highest BCUT2D eigenvalue weighted by Gasteiger charge is 2.23. The molecule has 1 fully saturated rings. The number of hydrogen-bond donors (Lipinski definition) is 3. The summed E-state index contributed by atoms with van der Waals surface area (Å²) in [6.07, 6.45) is 5.40. The summed E-state index contributed by atoms with van der Waals surface area (Å²) in [4.78, 5) is 4.19. The van der Waals surface area contributed by atoms with Crippen LogP contribution in [-0.4, -0.2) is 22.1 Å². The Balaban J connectivity index is 2.00. The van der Waals surface area contributed by atoms with Crippen molar-refractivity contribution in [1.29, 1.82) is 0 Å². The van der Waals surface area contributed by atoms with Crippen molar-refractivity contribution in [2.75, 3.05) is 0 Å². The quantitative estimate of drug-likeness (QED) is 0.340. The molecule has 1 aromatic rings. The van der Waals surface area contributed by atoms with E-state index < -0.39 is 0 Å². The molecular formula is C15H24N4O. The third-order valence-corrected chi connectivity index (χ3v) is 4.00. The highest BCUT2D eigenvalue weighted by atomic mass is 16.4. The third kappa shape index (κ3) is 3.70. The van der Waals surface area contributed by atoms with Crippen molar-refractivity contribution in [2.45, 2.75) is 45.7 Å². The SMILES string of the molecule is CC1CC(C)CC(NCc2cccnc2C(N)=NO)C1. The Bertz CT molecular complexity index is 465. The van der Waals surface area contributed by atoms with Crippen LogP contribution in [0, 0.1) is 11.8 Å². The summed E-state index contributed by atoms with van der Waals surface area (Å²) in [7, 11) is 0. The number of nitrogens with two attached hydrogens (primary N) is 1. The first-order chi connectivity index (χ1) is 9.60. The van der Waals surface area contributed by atoms with Crippen LogP contribution in [0.5, 0.6) is 0 Å². The summed E-state index contributed by atoms with van der Waals surface area (Å²) < 4.78 is 0. The molecule has 4 N–H and O–H groups in total. The molecule has 0 aliphatic heterocycles. The Morgan fingerprint density at radius 1 is 1.40 bits per heavy atom. The number of pyridine rings is 1. The molecule has 1 heterocycles. The number of hydrogen-bond acceptors (Lipinski definition) is 4. The lowest BCUT2D eigenvalue weighted by Gasteiger charge is -2.32. The molecule has 1 saturated carbocycles. The van der Waals surface area contributed by atoms with Gasteiger partial charge in [0.05, 0.1) is 0 Å². The topological polar surface area (TPSA) is 83.5 Å². The Labute approximate surface area is 120 Å². The zero-order valence-electron chi connectivity index (χ0n) is 12.2. The molecule has 0 spiro atoms. The van der Waals surface area contributed by atoms with Gasteiger partial charge < -0.3 is 16.3 Å². The van der Waals surface area contributed by atoms with Crippen molar-refractivity contribution in [3.63, 3.8) is 0 Å². The van der Waals surface area contributed by atoms with E-state index >= 15 is 0 Å². The standard InChI is InChI=1S/C15H24N4O/c1-10-6-11(2)8-13(7-10)18-9-12-4-3-5-17-14(12)15(16)19-20/h3-5,10-11,13,18,20H,6-9H2,1-2H3,(H2,16,19). The molecule has 0 amide bonds. The Morgan fingerprint density at radius 2 is 2.10 bits per heavy atom. The van der Waals surface area contributed by atoms with Gasteiger partial charge >= 0.3 is 0 Å². The summed E-state index contributed by atoms with van der Waals surface area (Å²) in [5, 5.41) is 15.4. The fourth-order valence-corrected chi connectivity index (χ4v) is 3.23. The molecule has 1 aliphatic rings. The van der Waals surface area contributed by atoms with Crippen LogP contribution in [-0.2, 0) is 6.54 Å². The molecule has 1 aliphatic carbocycles. The number of nitrogens with zero attached hydrogens (tertiary/aromatic N) is 2. The van der Waals surface area contributed by atoms with E-state index in [0.717, 1.165) is 17.4 Å². The van der Waals surface area contributed by atoms with Crippen LogP contribution in [0.1, 0.15) is 44.4 Å². The number of rotatable bonds is 4. The van der Waals surface area contributed by atoms with E-state index in [2.05, 4.69) is 29.3 Å². The van der Waals surface area contributed by atoms with E-state index in [1.807, 2.05) is 12.1 Å². The van der Waals surface area contributed by atoms with Gasteiger partial charge in [0.2, 0.25) is 0 Å². The zero-order valence-corrected chi connectivity index (χ0v) is 12.2. The number of oxime groups is 1. The van der Waals surface area contributed by atoms with Crippen LogP contribution in [0.2, 0.25) is 0 Å². The number of nitrogens with one attached hydrogen (secondary N) is 1. The first-order valence-electron chi connectivity index (χ1n) is 7.25. The maximum absolute atomic E-state index is 8.80. The fraction of sp³-hybridized carbons (Fsp3) is 0.600. The molecule has 110 valence electrons. The Kier molecular flexibility index (Phi) is 4.95. The van der Waals surface area contributed by atoms with Gasteiger partial charge in [0, 0.05) is 18.8 Å². The normalized spacial score (nSPS) is 27.5. The average Bonchev–Trinajstić information content (AvgIpc) is 2.43. The molecular weight excluding hydrogens is 252 g/mol. The molecule has 2 unspecified atom stereocenters. The maximum Gasteiger partial charge on any atom is 0.189 e. The largest absolute Gasteiger partial charge is 0.409 e. The van der Waals surface area contributed by atoms with Crippen molar-refractivity contribution in [1.82, 2.24) is 10.3 Å². The van der Waals surface area contributed by atoms with Gasteiger partial charge in [0.25, 0.3) is 0 Å². The van der Waals surface area contributed by atoms with Gasteiger partial charge in [-0.25, -0.2) is 0 Å². The average molecular weight is 276 g/mol. The first-order valence-corrected chi connectivity index (χ1v) is 7.25. The summed E-state index contributed by atoms with van der Waals surface area (Å²) in [5.41, 5.74) is 7.18. The van der Waals surface area contributed by atoms with Crippen LogP contribution < -0.4 is 11.1 Å². The second-order valence-corrected chi connectivity index (χ2v) is 5.99. The van der Waals surface area contributed by atoms with Crippen molar-refractivity contribution in [3.8, 4) is 0 Å². The van der Waals surface area contributed by atoms with Gasteiger partial charge in [0.1, 0.15) is 5.69 Å². The fourth-order valence-electron chi connectivity index (χ4n) is 3.23. The van der Waals surface area contributed by atoms with Gasteiger partial charge in [-0.2, -0.15) is 0 Å². The van der Waals surface area contributed by atoms with E-state index in [4.69, 9.17) is 10.9 Å². The maximum atomic E-state index is 8.80. The first kappa shape index (κ1) is 14.8. The minimum absolute atomic E-state index is 0.0628. The summed E-state index contributed by atoms with van der Waals surface area (Å²) >= 11 is 0. The van der Waals surface area contributed by atoms with E-state index in [0.29, 0.717) is 18.3 Å². The molecule has 0 radical (unpaired) electrons. The number of aromatic nitrogens is 1. The molecule has 20 heavy (non-hydrogen) atoms. The van der Waals surface area contributed by atoms with Crippen LogP contribution in [0.4, 0.5) is 0 Å². The predicted molar refractivity (Wildman–Crippen MR) is 79.6 cm³/mol. The zero-order chi connectivity index (χ0) is 14.5. The van der Waals surface area contributed by atoms with Crippen molar-refractivity contribution < 1.29 is 5.21 Å². The molecule has 5 heteroatoms. The molecule has 0 bridgehead atoms. The van der Waals surface area contributed by atoms with Gasteiger partial charge in [-0.05, 0) is 42.7 Å². The van der Waals surface area contributed by atoms with Gasteiger partial charge in [-0.3, -0.25) is 4.98 Å². The molecule has 2 atom stereocenters. The number of amidine groups is 1. The van der Waals surface area contributed by atoms with Gasteiger partial charge in [-0.1, -0.05) is 25.1 Å². The van der Waals surface area contributed by atoms with Crippen LogP contribution >= 0.6 is 0 Å². The molecule has 5 nitrogen and oxygen atoms in total. The molecule has 0 saturated heterocycles.